The first-order chi connectivity index (χ1) is 8.06. The Kier molecular flexibility index (Phi) is 4.76. The molecule has 17 heavy (non-hydrogen) atoms. The molecule has 1 aromatic rings. The summed E-state index contributed by atoms with van der Waals surface area (Å²) in [5.41, 5.74) is 1.16. The SMILES string of the molecule is C=[C]c1cc(OCC(C)C)cc(C(=O)OC)c1. The molecule has 0 aliphatic rings. The molecular formula is C14H17O3. The number of hydrogen-bond acceptors (Lipinski definition) is 3. The van der Waals surface area contributed by atoms with Crippen molar-refractivity contribution in [3.8, 4) is 5.75 Å². The van der Waals surface area contributed by atoms with Crippen molar-refractivity contribution in [1.29, 1.82) is 0 Å². The van der Waals surface area contributed by atoms with Gasteiger partial charge in [-0.1, -0.05) is 20.4 Å². The molecule has 3 nitrogen and oxygen atoms in total. The summed E-state index contributed by atoms with van der Waals surface area (Å²) in [5.74, 6) is 0.664. The summed E-state index contributed by atoms with van der Waals surface area (Å²) in [4.78, 5) is 11.4. The first-order valence-electron chi connectivity index (χ1n) is 5.46. The van der Waals surface area contributed by atoms with Crippen LogP contribution in [0.1, 0.15) is 29.8 Å². The van der Waals surface area contributed by atoms with Gasteiger partial charge in [-0.05, 0) is 35.8 Å². The van der Waals surface area contributed by atoms with Gasteiger partial charge in [0.25, 0.3) is 0 Å². The van der Waals surface area contributed by atoms with E-state index >= 15 is 0 Å². The maximum Gasteiger partial charge on any atom is 0.338 e. The van der Waals surface area contributed by atoms with E-state index in [1.54, 1.807) is 18.2 Å². The Morgan fingerprint density at radius 1 is 1.41 bits per heavy atom. The molecule has 0 aliphatic heterocycles. The summed E-state index contributed by atoms with van der Waals surface area (Å²) in [7, 11) is 1.35. The lowest BCUT2D eigenvalue weighted by molar-refractivity contribution is 0.0600. The molecule has 0 aromatic heterocycles. The Bertz CT molecular complexity index is 408. The zero-order chi connectivity index (χ0) is 12.8. The largest absolute Gasteiger partial charge is 0.493 e. The van der Waals surface area contributed by atoms with Crippen LogP contribution in [0.2, 0.25) is 0 Å². The van der Waals surface area contributed by atoms with Gasteiger partial charge in [0.1, 0.15) is 5.75 Å². The molecule has 3 heteroatoms. The summed E-state index contributed by atoms with van der Waals surface area (Å²) in [6, 6.07) is 5.12. The molecule has 1 radical (unpaired) electrons. The Morgan fingerprint density at radius 3 is 2.65 bits per heavy atom. The molecule has 0 aliphatic carbocycles. The molecule has 0 fully saturated rings. The summed E-state index contributed by atoms with van der Waals surface area (Å²) >= 11 is 0. The quantitative estimate of drug-likeness (QED) is 0.733. The first kappa shape index (κ1) is 13.3. The molecule has 1 aromatic carbocycles. The highest BCUT2D eigenvalue weighted by Crippen LogP contribution is 2.19. The maximum atomic E-state index is 11.4. The Morgan fingerprint density at radius 2 is 2.12 bits per heavy atom. The molecule has 0 unspecified atom stereocenters. The van der Waals surface area contributed by atoms with Crippen LogP contribution >= 0.6 is 0 Å². The van der Waals surface area contributed by atoms with E-state index in [9.17, 15) is 4.79 Å². The van der Waals surface area contributed by atoms with Crippen molar-refractivity contribution in [1.82, 2.24) is 0 Å². The highest BCUT2D eigenvalue weighted by Gasteiger charge is 2.09. The molecule has 0 N–H and O–H groups in total. The van der Waals surface area contributed by atoms with Gasteiger partial charge in [0, 0.05) is 0 Å². The van der Waals surface area contributed by atoms with Crippen LogP contribution < -0.4 is 4.74 Å². The van der Waals surface area contributed by atoms with E-state index in [2.05, 4.69) is 31.2 Å². The van der Waals surface area contributed by atoms with Crippen LogP contribution in [0.5, 0.6) is 5.75 Å². The predicted octanol–water partition coefficient (Wildman–Crippen LogP) is 2.85. The Balaban J connectivity index is 2.96. The molecule has 0 atom stereocenters. The number of hydrogen-bond donors (Lipinski definition) is 0. The van der Waals surface area contributed by atoms with Crippen LogP contribution in [0.3, 0.4) is 0 Å². The van der Waals surface area contributed by atoms with Crippen LogP contribution in [0.25, 0.3) is 0 Å². The molecule has 0 spiro atoms. The average Bonchev–Trinajstić information content (AvgIpc) is 2.34. The van der Waals surface area contributed by atoms with Gasteiger partial charge >= 0.3 is 5.97 Å². The average molecular weight is 233 g/mol. The fraction of sp³-hybridized carbons (Fsp3) is 0.357. The third kappa shape index (κ3) is 3.94. The van der Waals surface area contributed by atoms with Crippen LogP contribution in [-0.2, 0) is 4.74 Å². The molecule has 0 heterocycles. The van der Waals surface area contributed by atoms with Gasteiger partial charge in [0.05, 0.1) is 19.3 Å². The standard InChI is InChI=1S/C14H17O3/c1-5-11-6-12(14(15)16-4)8-13(7-11)17-9-10(2)3/h6-8,10H,1,9H2,2-4H3. The zero-order valence-electron chi connectivity index (χ0n) is 10.4. The molecule has 0 amide bonds. The van der Waals surface area contributed by atoms with Crippen molar-refractivity contribution in [2.45, 2.75) is 13.8 Å². The number of carbonyl (C=O) groups is 1. The zero-order valence-corrected chi connectivity index (χ0v) is 10.4. The lowest BCUT2D eigenvalue weighted by Crippen LogP contribution is -2.07. The van der Waals surface area contributed by atoms with Gasteiger partial charge in [-0.25, -0.2) is 4.79 Å². The fourth-order valence-electron chi connectivity index (χ4n) is 1.28. The van der Waals surface area contributed by atoms with Crippen molar-refractivity contribution >= 4 is 5.97 Å². The number of ether oxygens (including phenoxy) is 2. The van der Waals surface area contributed by atoms with Crippen molar-refractivity contribution in [3.05, 3.63) is 42.0 Å². The highest BCUT2D eigenvalue weighted by atomic mass is 16.5. The summed E-state index contributed by atoms with van der Waals surface area (Å²) in [5, 5.41) is 0. The number of rotatable bonds is 5. The minimum atomic E-state index is -0.392. The second kappa shape index (κ2) is 6.09. The Hall–Kier alpha value is -1.77. The van der Waals surface area contributed by atoms with Gasteiger partial charge in [0.15, 0.2) is 0 Å². The highest BCUT2D eigenvalue weighted by molar-refractivity contribution is 5.90. The van der Waals surface area contributed by atoms with Crippen LogP contribution in [0.4, 0.5) is 0 Å². The first-order valence-corrected chi connectivity index (χ1v) is 5.46. The normalized spacial score (nSPS) is 10.1. The fourth-order valence-corrected chi connectivity index (χ4v) is 1.28. The topological polar surface area (TPSA) is 35.5 Å². The summed E-state index contributed by atoms with van der Waals surface area (Å²) < 4.78 is 10.2. The van der Waals surface area contributed by atoms with Crippen LogP contribution in [0.15, 0.2) is 24.8 Å². The second-order valence-corrected chi connectivity index (χ2v) is 4.12. The van der Waals surface area contributed by atoms with E-state index in [4.69, 9.17) is 4.74 Å². The number of carbonyl (C=O) groups excluding carboxylic acids is 1. The molecule has 91 valence electrons. The number of methoxy groups -OCH3 is 1. The minimum Gasteiger partial charge on any atom is -0.493 e. The lowest BCUT2D eigenvalue weighted by Gasteiger charge is -2.10. The molecule has 1 rings (SSSR count). The van der Waals surface area contributed by atoms with Crippen LogP contribution in [-0.4, -0.2) is 19.7 Å². The van der Waals surface area contributed by atoms with Crippen LogP contribution in [0, 0.1) is 12.0 Å². The number of benzene rings is 1. The molecular weight excluding hydrogens is 216 g/mol. The van der Waals surface area contributed by atoms with Gasteiger partial charge in [-0.15, -0.1) is 0 Å². The van der Waals surface area contributed by atoms with Crippen molar-refractivity contribution < 1.29 is 14.3 Å². The monoisotopic (exact) mass is 233 g/mol. The third-order valence-corrected chi connectivity index (χ3v) is 2.12. The summed E-state index contributed by atoms with van der Waals surface area (Å²) in [6.45, 7) is 8.28. The van der Waals surface area contributed by atoms with Gasteiger partial charge < -0.3 is 9.47 Å². The molecule has 0 bridgehead atoms. The van der Waals surface area contributed by atoms with E-state index in [0.717, 1.165) is 0 Å². The third-order valence-electron chi connectivity index (χ3n) is 2.12. The van der Waals surface area contributed by atoms with Gasteiger partial charge in [0.2, 0.25) is 0 Å². The second-order valence-electron chi connectivity index (χ2n) is 4.12. The van der Waals surface area contributed by atoms with E-state index in [1.165, 1.54) is 7.11 Å². The van der Waals surface area contributed by atoms with E-state index in [1.807, 2.05) is 0 Å². The smallest absolute Gasteiger partial charge is 0.338 e. The van der Waals surface area contributed by atoms with Crippen molar-refractivity contribution in [2.75, 3.05) is 13.7 Å². The lowest BCUT2D eigenvalue weighted by atomic mass is 10.1. The predicted molar refractivity (Wildman–Crippen MR) is 66.1 cm³/mol. The van der Waals surface area contributed by atoms with Crippen molar-refractivity contribution in [3.63, 3.8) is 0 Å². The van der Waals surface area contributed by atoms with Crippen molar-refractivity contribution in [2.24, 2.45) is 5.92 Å². The Labute approximate surface area is 102 Å². The van der Waals surface area contributed by atoms with E-state index < -0.39 is 5.97 Å². The maximum absolute atomic E-state index is 11.4. The van der Waals surface area contributed by atoms with E-state index in [0.29, 0.717) is 29.4 Å². The number of esters is 1. The summed E-state index contributed by atoms with van der Waals surface area (Å²) in [6.07, 6.45) is 2.74. The van der Waals surface area contributed by atoms with Gasteiger partial charge in [-0.3, -0.25) is 0 Å². The van der Waals surface area contributed by atoms with E-state index in [-0.39, 0.29) is 0 Å². The molecule has 0 saturated heterocycles. The molecule has 0 saturated carbocycles. The minimum absolute atomic E-state index is 0.392. The van der Waals surface area contributed by atoms with Gasteiger partial charge in [-0.2, -0.15) is 0 Å².